The highest BCUT2D eigenvalue weighted by atomic mass is 16.4. The molecule has 2 aromatic rings. The van der Waals surface area contributed by atoms with Crippen LogP contribution in [-0.4, -0.2) is 75.7 Å². The highest BCUT2D eigenvalue weighted by molar-refractivity contribution is 5.93. The molecule has 1 aromatic carbocycles. The number of H-pyrrole nitrogens is 1. The number of aliphatic hydroxyl groups is 1. The van der Waals surface area contributed by atoms with Gasteiger partial charge in [-0.3, -0.25) is 14.5 Å². The zero-order chi connectivity index (χ0) is 18.0. The average Bonchev–Trinajstić information content (AvgIpc) is 3.21. The summed E-state index contributed by atoms with van der Waals surface area (Å²) in [5.41, 5.74) is 2.29. The summed E-state index contributed by atoms with van der Waals surface area (Å²) < 4.78 is 0. The predicted molar refractivity (Wildman–Crippen MR) is 92.2 cm³/mol. The van der Waals surface area contributed by atoms with Crippen LogP contribution in [0.5, 0.6) is 0 Å². The summed E-state index contributed by atoms with van der Waals surface area (Å²) in [6.07, 6.45) is -0.767. The van der Waals surface area contributed by atoms with Gasteiger partial charge in [-0.15, -0.1) is 0 Å². The van der Waals surface area contributed by atoms with Gasteiger partial charge in [0, 0.05) is 18.8 Å². The van der Waals surface area contributed by atoms with Gasteiger partial charge in [0.25, 0.3) is 5.91 Å². The lowest BCUT2D eigenvalue weighted by Gasteiger charge is -2.24. The van der Waals surface area contributed by atoms with Gasteiger partial charge in [-0.1, -0.05) is 30.3 Å². The third-order valence-electron chi connectivity index (χ3n) is 4.50. The molecule has 0 radical (unpaired) electrons. The van der Waals surface area contributed by atoms with Crippen molar-refractivity contribution in [1.29, 1.82) is 0 Å². The molecule has 2 heterocycles. The van der Waals surface area contributed by atoms with E-state index in [0.29, 0.717) is 12.2 Å². The van der Waals surface area contributed by atoms with E-state index in [1.165, 1.54) is 0 Å². The number of carboxylic acid groups (broad SMARTS) is 1. The van der Waals surface area contributed by atoms with Gasteiger partial charge in [-0.05, 0) is 24.7 Å². The first kappa shape index (κ1) is 17.2. The number of likely N-dealkylation sites (N-methyl/N-ethyl adjacent to an activating group) is 1. The van der Waals surface area contributed by atoms with Gasteiger partial charge in [0.1, 0.15) is 5.69 Å². The van der Waals surface area contributed by atoms with Crippen molar-refractivity contribution in [3.05, 3.63) is 48.2 Å². The number of hydrogen-bond acceptors (Lipinski definition) is 4. The van der Waals surface area contributed by atoms with E-state index < -0.39 is 12.1 Å². The predicted octanol–water partition coefficient (Wildman–Crippen LogP) is 0.883. The maximum absolute atomic E-state index is 12.7. The number of carbonyl (C=O) groups is 2. The standard InChI is InChI=1S/C18H21N3O4/c1-20(11-17(23)24)15-9-21(10-16(15)22)18(25)14-8-7-13(19-14)12-5-3-2-4-6-12/h2-8,15-16,19,22H,9-11H2,1H3,(H,23,24)/t15-,16-/m1/s1. The minimum atomic E-state index is -0.962. The molecular formula is C18H21N3O4. The highest BCUT2D eigenvalue weighted by Crippen LogP contribution is 2.21. The Morgan fingerprint density at radius 1 is 1.20 bits per heavy atom. The monoisotopic (exact) mass is 343 g/mol. The molecule has 1 aromatic heterocycles. The molecular weight excluding hydrogens is 322 g/mol. The minimum absolute atomic E-state index is 0.176. The number of β-amino-alcohol motifs (C(OH)–C–C–N with tert-alkyl or cyclic N) is 1. The van der Waals surface area contributed by atoms with Crippen LogP contribution in [0.2, 0.25) is 0 Å². The number of carbonyl (C=O) groups excluding carboxylic acids is 1. The number of likely N-dealkylation sites (tertiary alicyclic amines) is 1. The molecule has 0 saturated carbocycles. The zero-order valence-electron chi connectivity index (χ0n) is 13.9. The van der Waals surface area contributed by atoms with E-state index in [0.717, 1.165) is 11.3 Å². The number of aliphatic hydroxyl groups excluding tert-OH is 1. The van der Waals surface area contributed by atoms with Crippen LogP contribution in [0.1, 0.15) is 10.5 Å². The van der Waals surface area contributed by atoms with E-state index in [-0.39, 0.29) is 25.0 Å². The summed E-state index contributed by atoms with van der Waals surface area (Å²) in [5.74, 6) is -1.16. The number of carboxylic acids is 1. The maximum Gasteiger partial charge on any atom is 0.317 e. The number of benzene rings is 1. The second kappa shape index (κ2) is 7.08. The molecule has 1 aliphatic heterocycles. The van der Waals surface area contributed by atoms with Crippen LogP contribution < -0.4 is 0 Å². The Bertz CT molecular complexity index is 759. The fraction of sp³-hybridized carbons (Fsp3) is 0.333. The Morgan fingerprint density at radius 2 is 1.92 bits per heavy atom. The molecule has 0 spiro atoms. The van der Waals surface area contributed by atoms with Gasteiger partial charge in [-0.25, -0.2) is 0 Å². The summed E-state index contributed by atoms with van der Waals surface area (Å²) in [5, 5.41) is 19.1. The molecule has 3 rings (SSSR count). The topological polar surface area (TPSA) is 96.9 Å². The summed E-state index contributed by atoms with van der Waals surface area (Å²) in [6.45, 7) is 0.307. The molecule has 7 nitrogen and oxygen atoms in total. The fourth-order valence-corrected chi connectivity index (χ4v) is 3.18. The first-order valence-corrected chi connectivity index (χ1v) is 8.09. The molecule has 1 amide bonds. The maximum atomic E-state index is 12.7. The molecule has 1 saturated heterocycles. The van der Waals surface area contributed by atoms with E-state index in [9.17, 15) is 14.7 Å². The van der Waals surface area contributed by atoms with Crippen molar-refractivity contribution in [2.24, 2.45) is 0 Å². The van der Waals surface area contributed by atoms with Crippen molar-refractivity contribution in [2.45, 2.75) is 12.1 Å². The second-order valence-corrected chi connectivity index (χ2v) is 6.31. The molecule has 3 N–H and O–H groups in total. The number of aromatic nitrogens is 1. The van der Waals surface area contributed by atoms with Crippen LogP contribution in [0, 0.1) is 0 Å². The van der Waals surface area contributed by atoms with Gasteiger partial charge in [-0.2, -0.15) is 0 Å². The molecule has 0 aliphatic carbocycles. The summed E-state index contributed by atoms with van der Waals surface area (Å²) in [7, 11) is 1.64. The highest BCUT2D eigenvalue weighted by Gasteiger charge is 2.37. The van der Waals surface area contributed by atoms with Crippen molar-refractivity contribution in [3.63, 3.8) is 0 Å². The third kappa shape index (κ3) is 3.72. The van der Waals surface area contributed by atoms with E-state index in [4.69, 9.17) is 5.11 Å². The lowest BCUT2D eigenvalue weighted by atomic mass is 10.2. The van der Waals surface area contributed by atoms with Crippen molar-refractivity contribution in [3.8, 4) is 11.3 Å². The van der Waals surface area contributed by atoms with Crippen LogP contribution in [0.3, 0.4) is 0 Å². The van der Waals surface area contributed by atoms with Gasteiger partial charge in [0.05, 0.1) is 18.7 Å². The second-order valence-electron chi connectivity index (χ2n) is 6.31. The number of aromatic amines is 1. The van der Waals surface area contributed by atoms with E-state index >= 15 is 0 Å². The Hall–Kier alpha value is -2.64. The molecule has 1 fully saturated rings. The van der Waals surface area contributed by atoms with Gasteiger partial charge >= 0.3 is 5.97 Å². The van der Waals surface area contributed by atoms with Crippen molar-refractivity contribution >= 4 is 11.9 Å². The molecule has 0 unspecified atom stereocenters. The molecule has 132 valence electrons. The van der Waals surface area contributed by atoms with Crippen molar-refractivity contribution in [1.82, 2.24) is 14.8 Å². The lowest BCUT2D eigenvalue weighted by Crippen LogP contribution is -2.43. The SMILES string of the molecule is CN(CC(=O)O)[C@@H]1CN(C(=O)c2ccc(-c3ccccc3)[nH]2)C[C@H]1O. The molecule has 0 bridgehead atoms. The van der Waals surface area contributed by atoms with E-state index in [1.54, 1.807) is 22.9 Å². The summed E-state index contributed by atoms with van der Waals surface area (Å²) >= 11 is 0. The number of nitrogens with zero attached hydrogens (tertiary/aromatic N) is 2. The number of amides is 1. The number of rotatable bonds is 5. The fourth-order valence-electron chi connectivity index (χ4n) is 3.18. The average molecular weight is 343 g/mol. The molecule has 7 heteroatoms. The van der Waals surface area contributed by atoms with Crippen LogP contribution in [0.25, 0.3) is 11.3 Å². The Balaban J connectivity index is 1.70. The molecule has 2 atom stereocenters. The molecule has 1 aliphatic rings. The van der Waals surface area contributed by atoms with E-state index in [2.05, 4.69) is 4.98 Å². The number of hydrogen-bond donors (Lipinski definition) is 3. The Morgan fingerprint density at radius 3 is 2.60 bits per heavy atom. The van der Waals surface area contributed by atoms with Gasteiger partial charge in [0.2, 0.25) is 0 Å². The van der Waals surface area contributed by atoms with Crippen LogP contribution in [0.15, 0.2) is 42.5 Å². The van der Waals surface area contributed by atoms with Crippen LogP contribution in [-0.2, 0) is 4.79 Å². The first-order chi connectivity index (χ1) is 12.0. The summed E-state index contributed by atoms with van der Waals surface area (Å²) in [4.78, 5) is 29.7. The lowest BCUT2D eigenvalue weighted by molar-refractivity contribution is -0.138. The van der Waals surface area contributed by atoms with Gasteiger partial charge < -0.3 is 20.1 Å². The number of aliphatic carboxylic acids is 1. The van der Waals surface area contributed by atoms with Crippen molar-refractivity contribution < 1.29 is 19.8 Å². The van der Waals surface area contributed by atoms with Crippen LogP contribution >= 0.6 is 0 Å². The zero-order valence-corrected chi connectivity index (χ0v) is 13.9. The van der Waals surface area contributed by atoms with Crippen LogP contribution in [0.4, 0.5) is 0 Å². The Kier molecular flexibility index (Phi) is 4.87. The smallest absolute Gasteiger partial charge is 0.317 e. The van der Waals surface area contributed by atoms with E-state index in [1.807, 2.05) is 36.4 Å². The van der Waals surface area contributed by atoms with Crippen molar-refractivity contribution in [2.75, 3.05) is 26.7 Å². The van der Waals surface area contributed by atoms with Gasteiger partial charge in [0.15, 0.2) is 0 Å². The normalized spacial score (nSPS) is 20.2. The number of nitrogens with one attached hydrogen (secondary N) is 1. The third-order valence-corrected chi connectivity index (χ3v) is 4.50. The summed E-state index contributed by atoms with van der Waals surface area (Å²) in [6, 6.07) is 12.9. The Labute approximate surface area is 145 Å². The molecule has 25 heavy (non-hydrogen) atoms. The quantitative estimate of drug-likeness (QED) is 0.749. The first-order valence-electron chi connectivity index (χ1n) is 8.09. The largest absolute Gasteiger partial charge is 0.480 e. The minimum Gasteiger partial charge on any atom is -0.480 e.